The van der Waals surface area contributed by atoms with Crippen LogP contribution in [0.1, 0.15) is 49.8 Å². The summed E-state index contributed by atoms with van der Waals surface area (Å²) >= 11 is 0. The number of amides is 1. The Balaban J connectivity index is 1.27. The molecule has 6 heterocycles. The molecule has 11 heteroatoms. The zero-order chi connectivity index (χ0) is 27.9. The molecule has 3 aliphatic heterocycles. The number of likely N-dealkylation sites (tertiary alicyclic amines) is 1. The third kappa shape index (κ3) is 4.77. The minimum Gasteiger partial charge on any atom is -0.391 e. The standard InChI is InChI=1S/C30H35N7O4/c31-29-28-24(25-4-9-33-36(25)22-7-12-41-13-8-22)16-27(37(28)34-18-32-29)21-3-1-2-20(14-21)26-15-23(38)17-35(26)30(39)19-5-10-40-11-6-19/h1-4,9,14,16,18-19,22-23,26,38H,5-8,10-13,15,17H2,(H2,31,32,34)/t23-,26+/m1/s1. The summed E-state index contributed by atoms with van der Waals surface area (Å²) in [7, 11) is 0. The van der Waals surface area contributed by atoms with Crippen molar-refractivity contribution in [2.45, 2.75) is 50.3 Å². The summed E-state index contributed by atoms with van der Waals surface area (Å²) in [5.74, 6) is 0.443. The molecule has 1 amide bonds. The number of carbonyl (C=O) groups excluding carboxylic acids is 1. The van der Waals surface area contributed by atoms with Gasteiger partial charge in [0.1, 0.15) is 11.8 Å². The molecule has 7 rings (SSSR count). The highest BCUT2D eigenvalue weighted by molar-refractivity contribution is 5.91. The average molecular weight is 558 g/mol. The average Bonchev–Trinajstić information content (AvgIpc) is 3.75. The van der Waals surface area contributed by atoms with E-state index in [9.17, 15) is 9.90 Å². The Bertz CT molecular complexity index is 1550. The molecule has 4 aromatic rings. The van der Waals surface area contributed by atoms with Gasteiger partial charge >= 0.3 is 0 Å². The Morgan fingerprint density at radius 1 is 0.976 bits per heavy atom. The van der Waals surface area contributed by atoms with Crippen LogP contribution in [0.4, 0.5) is 5.82 Å². The van der Waals surface area contributed by atoms with Crippen LogP contribution >= 0.6 is 0 Å². The molecule has 3 N–H and O–H groups in total. The summed E-state index contributed by atoms with van der Waals surface area (Å²) in [6.07, 6.45) is 6.51. The highest BCUT2D eigenvalue weighted by Gasteiger charge is 2.38. The number of nitrogens with zero attached hydrogens (tertiary/aromatic N) is 6. The predicted octanol–water partition coefficient (Wildman–Crippen LogP) is 3.25. The molecule has 2 atom stereocenters. The first-order valence-corrected chi connectivity index (χ1v) is 14.5. The molecule has 3 saturated heterocycles. The minimum absolute atomic E-state index is 0.0582. The zero-order valence-corrected chi connectivity index (χ0v) is 22.9. The van der Waals surface area contributed by atoms with Gasteiger partial charge in [0.2, 0.25) is 5.91 Å². The number of aliphatic hydroxyl groups is 1. The number of aromatic nitrogens is 5. The van der Waals surface area contributed by atoms with Gasteiger partial charge in [0, 0.05) is 56.2 Å². The summed E-state index contributed by atoms with van der Waals surface area (Å²) in [5, 5.41) is 19.9. The van der Waals surface area contributed by atoms with Gasteiger partial charge in [-0.2, -0.15) is 10.2 Å². The maximum absolute atomic E-state index is 13.5. The maximum Gasteiger partial charge on any atom is 0.226 e. The molecule has 0 aliphatic carbocycles. The maximum atomic E-state index is 13.5. The topological polar surface area (TPSA) is 133 Å². The highest BCUT2D eigenvalue weighted by atomic mass is 16.5. The van der Waals surface area contributed by atoms with E-state index >= 15 is 0 Å². The number of ether oxygens (including phenoxy) is 2. The summed E-state index contributed by atoms with van der Waals surface area (Å²) in [6.45, 7) is 2.99. The number of nitrogen functional groups attached to an aromatic ring is 1. The number of fused-ring (bicyclic) bond motifs is 1. The Kier molecular flexibility index (Phi) is 6.93. The number of β-amino-alcohol motifs (C(OH)–C–C–N with tert-alkyl or cyclic N) is 1. The van der Waals surface area contributed by atoms with Crippen molar-refractivity contribution in [1.82, 2.24) is 29.3 Å². The molecule has 3 aliphatic rings. The first-order valence-electron chi connectivity index (χ1n) is 14.5. The van der Waals surface area contributed by atoms with Gasteiger partial charge in [0.15, 0.2) is 5.82 Å². The molecule has 0 radical (unpaired) electrons. The molecule has 0 spiro atoms. The molecule has 0 saturated carbocycles. The van der Waals surface area contributed by atoms with Gasteiger partial charge in [-0.25, -0.2) is 9.50 Å². The smallest absolute Gasteiger partial charge is 0.226 e. The lowest BCUT2D eigenvalue weighted by Crippen LogP contribution is -2.38. The van der Waals surface area contributed by atoms with Crippen molar-refractivity contribution in [3.05, 3.63) is 54.5 Å². The number of nitrogens with two attached hydrogens (primary N) is 1. The molecule has 3 aromatic heterocycles. The Morgan fingerprint density at radius 2 is 1.76 bits per heavy atom. The van der Waals surface area contributed by atoms with E-state index in [0.717, 1.165) is 59.3 Å². The quantitative estimate of drug-likeness (QED) is 0.382. The summed E-state index contributed by atoms with van der Waals surface area (Å²) in [4.78, 5) is 19.7. The first-order chi connectivity index (χ1) is 20.1. The number of hydrogen-bond acceptors (Lipinski definition) is 8. The molecule has 0 unspecified atom stereocenters. The Morgan fingerprint density at radius 3 is 2.56 bits per heavy atom. The lowest BCUT2D eigenvalue weighted by atomic mass is 9.96. The largest absolute Gasteiger partial charge is 0.391 e. The normalized spacial score (nSPS) is 22.5. The molecule has 11 nitrogen and oxygen atoms in total. The number of aliphatic hydroxyl groups excluding tert-OH is 1. The van der Waals surface area contributed by atoms with E-state index in [-0.39, 0.29) is 23.9 Å². The Labute approximate surface area is 237 Å². The first kappa shape index (κ1) is 26.1. The van der Waals surface area contributed by atoms with E-state index in [1.807, 2.05) is 39.9 Å². The van der Waals surface area contributed by atoms with E-state index in [2.05, 4.69) is 32.0 Å². The molecule has 0 bridgehead atoms. The Hall–Kier alpha value is -3.80. The number of rotatable bonds is 5. The predicted molar refractivity (Wildman–Crippen MR) is 152 cm³/mol. The van der Waals surface area contributed by atoms with E-state index < -0.39 is 6.10 Å². The fourth-order valence-corrected chi connectivity index (χ4v) is 6.67. The molecular weight excluding hydrogens is 522 g/mol. The van der Waals surface area contributed by atoms with Crippen LogP contribution in [0.3, 0.4) is 0 Å². The summed E-state index contributed by atoms with van der Waals surface area (Å²) in [6, 6.07) is 12.3. The lowest BCUT2D eigenvalue weighted by Gasteiger charge is -2.30. The van der Waals surface area contributed by atoms with Gasteiger partial charge in [-0.1, -0.05) is 18.2 Å². The molecular formula is C30H35N7O4. The molecule has 3 fully saturated rings. The van der Waals surface area contributed by atoms with Crippen LogP contribution in [-0.4, -0.2) is 79.4 Å². The molecule has 214 valence electrons. The summed E-state index contributed by atoms with van der Waals surface area (Å²) < 4.78 is 15.0. The van der Waals surface area contributed by atoms with Crippen LogP contribution in [0, 0.1) is 5.92 Å². The van der Waals surface area contributed by atoms with Gasteiger partial charge in [0.25, 0.3) is 0 Å². The van der Waals surface area contributed by atoms with Crippen LogP contribution in [0.15, 0.2) is 48.9 Å². The van der Waals surface area contributed by atoms with Crippen molar-refractivity contribution in [3.63, 3.8) is 0 Å². The van der Waals surface area contributed by atoms with Crippen molar-refractivity contribution in [2.75, 3.05) is 38.7 Å². The van der Waals surface area contributed by atoms with E-state index in [1.54, 1.807) is 0 Å². The van der Waals surface area contributed by atoms with Crippen molar-refractivity contribution in [1.29, 1.82) is 0 Å². The fraction of sp³-hybridized carbons (Fsp3) is 0.467. The second-order valence-corrected chi connectivity index (χ2v) is 11.3. The fourth-order valence-electron chi connectivity index (χ4n) is 6.67. The van der Waals surface area contributed by atoms with E-state index in [0.29, 0.717) is 45.2 Å². The molecule has 1 aromatic carbocycles. The number of benzene rings is 1. The number of carbonyl (C=O) groups is 1. The van der Waals surface area contributed by atoms with E-state index in [4.69, 9.17) is 15.2 Å². The van der Waals surface area contributed by atoms with Crippen molar-refractivity contribution in [3.8, 4) is 22.5 Å². The van der Waals surface area contributed by atoms with Crippen molar-refractivity contribution in [2.24, 2.45) is 5.92 Å². The monoisotopic (exact) mass is 557 g/mol. The lowest BCUT2D eigenvalue weighted by molar-refractivity contribution is -0.139. The van der Waals surface area contributed by atoms with Crippen LogP contribution in [-0.2, 0) is 14.3 Å². The SMILES string of the molecule is Nc1ncnn2c(-c3cccc([C@@H]4C[C@@H](O)CN4C(=O)C4CCOCC4)c3)cc(-c3ccnn3C3CCOCC3)c12. The van der Waals surface area contributed by atoms with Crippen LogP contribution in [0.5, 0.6) is 0 Å². The third-order valence-corrected chi connectivity index (χ3v) is 8.77. The van der Waals surface area contributed by atoms with Crippen molar-refractivity contribution < 1.29 is 19.4 Å². The van der Waals surface area contributed by atoms with E-state index in [1.165, 1.54) is 6.33 Å². The number of hydrogen-bond donors (Lipinski definition) is 2. The van der Waals surface area contributed by atoms with Gasteiger partial charge in [-0.05, 0) is 55.9 Å². The van der Waals surface area contributed by atoms with Gasteiger partial charge < -0.3 is 25.2 Å². The highest BCUT2D eigenvalue weighted by Crippen LogP contribution is 2.39. The van der Waals surface area contributed by atoms with Crippen LogP contribution in [0.25, 0.3) is 28.0 Å². The van der Waals surface area contributed by atoms with Gasteiger partial charge in [-0.15, -0.1) is 0 Å². The zero-order valence-electron chi connectivity index (χ0n) is 22.9. The van der Waals surface area contributed by atoms with Gasteiger partial charge in [-0.3, -0.25) is 9.48 Å². The van der Waals surface area contributed by atoms with Crippen molar-refractivity contribution >= 4 is 17.2 Å². The second-order valence-electron chi connectivity index (χ2n) is 11.3. The molecule has 41 heavy (non-hydrogen) atoms. The second kappa shape index (κ2) is 10.9. The van der Waals surface area contributed by atoms with Crippen LogP contribution < -0.4 is 5.73 Å². The number of anilines is 1. The minimum atomic E-state index is -0.550. The third-order valence-electron chi connectivity index (χ3n) is 8.77. The summed E-state index contributed by atoms with van der Waals surface area (Å²) in [5.41, 5.74) is 11.9. The van der Waals surface area contributed by atoms with Crippen LogP contribution in [0.2, 0.25) is 0 Å². The van der Waals surface area contributed by atoms with Gasteiger partial charge in [0.05, 0.1) is 29.6 Å².